The van der Waals surface area contributed by atoms with Gasteiger partial charge in [-0.3, -0.25) is 0 Å². The van der Waals surface area contributed by atoms with Gasteiger partial charge in [-0.15, -0.1) is 0 Å². The first kappa shape index (κ1) is 18.5. The molecule has 0 fully saturated rings. The van der Waals surface area contributed by atoms with Crippen LogP contribution in [0.2, 0.25) is 10.0 Å². The lowest BCUT2D eigenvalue weighted by molar-refractivity contribution is 0.381. The molecule has 134 valence electrons. The second-order valence-corrected chi connectivity index (χ2v) is 6.70. The van der Waals surface area contributed by atoms with E-state index in [1.807, 2.05) is 36.4 Å². The van der Waals surface area contributed by atoms with Gasteiger partial charge in [0.25, 0.3) is 0 Å². The van der Waals surface area contributed by atoms with Gasteiger partial charge in [-0.25, -0.2) is 0 Å². The molecule has 0 saturated carbocycles. The molecule has 0 spiro atoms. The summed E-state index contributed by atoms with van der Waals surface area (Å²) in [5, 5.41) is 4.62. The molecule has 0 aliphatic heterocycles. The smallest absolute Gasteiger partial charge is 0.318 e. The minimum absolute atomic E-state index is 0.331. The van der Waals surface area contributed by atoms with Crippen LogP contribution in [0.15, 0.2) is 48.5 Å². The van der Waals surface area contributed by atoms with Crippen LogP contribution in [0.4, 0.5) is 5.82 Å². The molecule has 0 atom stereocenters. The molecule has 3 rings (SSSR count). The second-order valence-electron chi connectivity index (χ2n) is 5.85. The molecule has 0 amide bonds. The number of ether oxygens (including phenoxy) is 1. The monoisotopic (exact) mass is 387 g/mol. The quantitative estimate of drug-likeness (QED) is 0.612. The van der Waals surface area contributed by atoms with E-state index in [1.54, 1.807) is 13.2 Å². The van der Waals surface area contributed by atoms with Crippen LogP contribution in [0.1, 0.15) is 11.1 Å². The first-order chi connectivity index (χ1) is 12.6. The summed E-state index contributed by atoms with van der Waals surface area (Å²) in [4.78, 5) is 8.84. The van der Waals surface area contributed by atoms with Crippen molar-refractivity contribution < 1.29 is 4.74 Å². The van der Waals surface area contributed by atoms with E-state index in [0.29, 0.717) is 28.4 Å². The van der Waals surface area contributed by atoms with E-state index in [0.717, 1.165) is 28.8 Å². The van der Waals surface area contributed by atoms with E-state index in [1.165, 1.54) is 0 Å². The van der Waals surface area contributed by atoms with Crippen LogP contribution in [0, 0.1) is 6.92 Å². The number of rotatable bonds is 6. The molecule has 4 nitrogen and oxygen atoms in total. The van der Waals surface area contributed by atoms with Gasteiger partial charge in [0.05, 0.1) is 12.8 Å². The zero-order valence-electron chi connectivity index (χ0n) is 14.6. The van der Waals surface area contributed by atoms with Gasteiger partial charge in [0, 0.05) is 28.2 Å². The fraction of sp³-hybridized carbons (Fsp3) is 0.200. The van der Waals surface area contributed by atoms with E-state index in [9.17, 15) is 0 Å². The number of halogens is 2. The third kappa shape index (κ3) is 4.45. The highest BCUT2D eigenvalue weighted by atomic mass is 35.5. The van der Waals surface area contributed by atoms with Crippen LogP contribution in [-0.2, 0) is 6.42 Å². The normalized spacial score (nSPS) is 10.6. The predicted molar refractivity (Wildman–Crippen MR) is 107 cm³/mol. The number of nitrogens with one attached hydrogen (secondary N) is 1. The average molecular weight is 388 g/mol. The van der Waals surface area contributed by atoms with Crippen molar-refractivity contribution in [2.75, 3.05) is 19.0 Å². The largest absolute Gasteiger partial charge is 0.467 e. The molecule has 1 heterocycles. The highest BCUT2D eigenvalue weighted by Crippen LogP contribution is 2.25. The van der Waals surface area contributed by atoms with Gasteiger partial charge < -0.3 is 10.1 Å². The molecule has 6 heteroatoms. The summed E-state index contributed by atoms with van der Waals surface area (Å²) < 4.78 is 5.26. The Bertz CT molecular complexity index is 915. The molecule has 1 N–H and O–H groups in total. The van der Waals surface area contributed by atoms with Crippen LogP contribution in [0.25, 0.3) is 11.3 Å². The minimum Gasteiger partial charge on any atom is -0.467 e. The summed E-state index contributed by atoms with van der Waals surface area (Å²) in [6, 6.07) is 15.9. The number of aryl methyl sites for hydroxylation is 1. The topological polar surface area (TPSA) is 47.0 Å². The fourth-order valence-corrected chi connectivity index (χ4v) is 3.16. The van der Waals surface area contributed by atoms with Crippen molar-refractivity contribution in [3.8, 4) is 17.3 Å². The average Bonchev–Trinajstić information content (AvgIpc) is 2.63. The van der Waals surface area contributed by atoms with Crippen LogP contribution in [0.5, 0.6) is 6.01 Å². The van der Waals surface area contributed by atoms with Gasteiger partial charge in [0.15, 0.2) is 0 Å². The molecule has 1 aromatic heterocycles. The van der Waals surface area contributed by atoms with Crippen molar-refractivity contribution in [1.29, 1.82) is 0 Å². The molecule has 0 aliphatic carbocycles. The van der Waals surface area contributed by atoms with Crippen molar-refractivity contribution in [2.24, 2.45) is 0 Å². The SMILES string of the molecule is COc1nc(NCCc2ccc(Cl)cc2Cl)cc(-c2ccccc2C)n1. The van der Waals surface area contributed by atoms with E-state index in [-0.39, 0.29) is 0 Å². The lowest BCUT2D eigenvalue weighted by Crippen LogP contribution is -2.08. The van der Waals surface area contributed by atoms with E-state index in [2.05, 4.69) is 28.3 Å². The van der Waals surface area contributed by atoms with Crippen molar-refractivity contribution in [3.63, 3.8) is 0 Å². The maximum Gasteiger partial charge on any atom is 0.318 e. The zero-order chi connectivity index (χ0) is 18.5. The molecule has 0 bridgehead atoms. The van der Waals surface area contributed by atoms with Crippen LogP contribution < -0.4 is 10.1 Å². The van der Waals surface area contributed by atoms with Gasteiger partial charge in [0.1, 0.15) is 5.82 Å². The summed E-state index contributed by atoms with van der Waals surface area (Å²) in [6.07, 6.45) is 0.752. The third-order valence-corrected chi connectivity index (χ3v) is 4.61. The fourth-order valence-electron chi connectivity index (χ4n) is 2.65. The second kappa shape index (κ2) is 8.39. The maximum absolute atomic E-state index is 6.22. The third-order valence-electron chi connectivity index (χ3n) is 4.02. The Balaban J connectivity index is 1.77. The number of benzene rings is 2. The summed E-state index contributed by atoms with van der Waals surface area (Å²) >= 11 is 12.2. The van der Waals surface area contributed by atoms with Crippen molar-refractivity contribution >= 4 is 29.0 Å². The Morgan fingerprint density at radius 3 is 2.58 bits per heavy atom. The Morgan fingerprint density at radius 2 is 1.85 bits per heavy atom. The number of hydrogen-bond acceptors (Lipinski definition) is 4. The lowest BCUT2D eigenvalue weighted by Gasteiger charge is -2.11. The van der Waals surface area contributed by atoms with Crippen molar-refractivity contribution in [2.45, 2.75) is 13.3 Å². The van der Waals surface area contributed by atoms with E-state index in [4.69, 9.17) is 27.9 Å². The van der Waals surface area contributed by atoms with Gasteiger partial charge >= 0.3 is 6.01 Å². The highest BCUT2D eigenvalue weighted by Gasteiger charge is 2.09. The van der Waals surface area contributed by atoms with Crippen molar-refractivity contribution in [1.82, 2.24) is 9.97 Å². The van der Waals surface area contributed by atoms with Crippen LogP contribution >= 0.6 is 23.2 Å². The molecule has 0 saturated heterocycles. The number of aromatic nitrogens is 2. The number of anilines is 1. The Labute approximate surface area is 163 Å². The molecular weight excluding hydrogens is 369 g/mol. The summed E-state index contributed by atoms with van der Waals surface area (Å²) in [5.41, 5.74) is 4.05. The number of methoxy groups -OCH3 is 1. The van der Waals surface area contributed by atoms with Gasteiger partial charge in [-0.2, -0.15) is 9.97 Å². The van der Waals surface area contributed by atoms with Crippen LogP contribution in [-0.4, -0.2) is 23.6 Å². The molecule has 3 aromatic rings. The predicted octanol–water partition coefficient (Wildman–Crippen LogP) is 5.42. The van der Waals surface area contributed by atoms with Gasteiger partial charge in [0.2, 0.25) is 0 Å². The summed E-state index contributed by atoms with van der Waals surface area (Å²) in [7, 11) is 1.56. The molecule has 2 aromatic carbocycles. The highest BCUT2D eigenvalue weighted by molar-refractivity contribution is 6.35. The molecular formula is C20H19Cl2N3O. The Kier molecular flexibility index (Phi) is 5.96. The van der Waals surface area contributed by atoms with Gasteiger partial charge in [-0.05, 0) is 36.6 Å². The van der Waals surface area contributed by atoms with Gasteiger partial charge in [-0.1, -0.05) is 53.5 Å². The Hall–Kier alpha value is -2.30. The standard InChI is InChI=1S/C20H19Cl2N3O/c1-13-5-3-4-6-16(13)18-12-19(25-20(24-18)26-2)23-10-9-14-7-8-15(21)11-17(14)22/h3-8,11-12H,9-10H2,1-2H3,(H,23,24,25). The number of nitrogens with zero attached hydrogens (tertiary/aromatic N) is 2. The lowest BCUT2D eigenvalue weighted by atomic mass is 10.1. The molecule has 26 heavy (non-hydrogen) atoms. The van der Waals surface area contributed by atoms with Crippen LogP contribution in [0.3, 0.4) is 0 Å². The molecule has 0 unspecified atom stereocenters. The first-order valence-corrected chi connectivity index (χ1v) is 8.99. The van der Waals surface area contributed by atoms with E-state index >= 15 is 0 Å². The van der Waals surface area contributed by atoms with E-state index < -0.39 is 0 Å². The summed E-state index contributed by atoms with van der Waals surface area (Å²) in [6.45, 7) is 2.73. The first-order valence-electron chi connectivity index (χ1n) is 8.23. The Morgan fingerprint density at radius 1 is 1.04 bits per heavy atom. The van der Waals surface area contributed by atoms with Crippen molar-refractivity contribution in [3.05, 3.63) is 69.7 Å². The molecule has 0 aliphatic rings. The molecule has 0 radical (unpaired) electrons. The zero-order valence-corrected chi connectivity index (χ0v) is 16.1. The summed E-state index contributed by atoms with van der Waals surface area (Å²) in [5.74, 6) is 0.709. The number of hydrogen-bond donors (Lipinski definition) is 1. The minimum atomic E-state index is 0.331. The maximum atomic E-state index is 6.22.